The van der Waals surface area contributed by atoms with Gasteiger partial charge < -0.3 is 5.32 Å². The minimum Gasteiger partial charge on any atom is -0.311 e. The van der Waals surface area contributed by atoms with E-state index in [1.165, 1.54) is 13.3 Å². The van der Waals surface area contributed by atoms with Crippen LogP contribution in [0.2, 0.25) is 0 Å². The number of carbonyl (C=O) groups excluding carboxylic acids is 1. The molecule has 0 fully saturated rings. The molecule has 8 heteroatoms. The lowest BCUT2D eigenvalue weighted by atomic mass is 10.2. The van der Waals surface area contributed by atoms with Crippen molar-refractivity contribution in [1.29, 1.82) is 0 Å². The molecule has 0 atom stereocenters. The Hall–Kier alpha value is -3.03. The number of aromatic amines is 1. The van der Waals surface area contributed by atoms with Crippen LogP contribution in [0, 0.1) is 13.8 Å². The summed E-state index contributed by atoms with van der Waals surface area (Å²) in [6.45, 7) is 5.28. The summed E-state index contributed by atoms with van der Waals surface area (Å²) in [5.41, 5.74) is 3.48. The summed E-state index contributed by atoms with van der Waals surface area (Å²) in [5, 5.41) is 13.9. The van der Waals surface area contributed by atoms with Crippen LogP contribution in [-0.2, 0) is 4.79 Å². The largest absolute Gasteiger partial charge is 0.311 e. The Labute approximate surface area is 126 Å². The average Bonchev–Trinajstić information content (AvgIpc) is 3.09. The van der Waals surface area contributed by atoms with Crippen molar-refractivity contribution in [2.24, 2.45) is 0 Å². The number of nitrogens with zero attached hydrogens (tertiary/aromatic N) is 5. The van der Waals surface area contributed by atoms with Gasteiger partial charge in [0.2, 0.25) is 5.91 Å². The van der Waals surface area contributed by atoms with Crippen molar-refractivity contribution in [1.82, 2.24) is 29.9 Å². The fourth-order valence-electron chi connectivity index (χ4n) is 2.16. The van der Waals surface area contributed by atoms with Gasteiger partial charge in [-0.05, 0) is 19.4 Å². The third kappa shape index (κ3) is 2.58. The second-order valence-electron chi connectivity index (χ2n) is 4.94. The van der Waals surface area contributed by atoms with Crippen LogP contribution in [0.25, 0.3) is 17.1 Å². The Bertz CT molecular complexity index is 820. The van der Waals surface area contributed by atoms with Crippen molar-refractivity contribution in [3.8, 4) is 17.1 Å². The maximum Gasteiger partial charge on any atom is 0.222 e. The molecule has 0 bridgehead atoms. The average molecular weight is 297 g/mol. The lowest BCUT2D eigenvalue weighted by molar-refractivity contribution is -0.114. The van der Waals surface area contributed by atoms with Gasteiger partial charge in [-0.3, -0.25) is 9.89 Å². The zero-order chi connectivity index (χ0) is 15.7. The molecule has 0 saturated carbocycles. The summed E-state index contributed by atoms with van der Waals surface area (Å²) in [4.78, 5) is 19.5. The Morgan fingerprint density at radius 2 is 2.14 bits per heavy atom. The fourth-order valence-corrected chi connectivity index (χ4v) is 2.16. The molecule has 2 N–H and O–H groups in total. The second kappa shape index (κ2) is 5.40. The number of carbonyl (C=O) groups is 1. The first-order valence-electron chi connectivity index (χ1n) is 6.71. The van der Waals surface area contributed by atoms with Crippen molar-refractivity contribution in [2.75, 3.05) is 5.32 Å². The molecule has 3 aromatic rings. The van der Waals surface area contributed by atoms with E-state index >= 15 is 0 Å². The highest BCUT2D eigenvalue weighted by atomic mass is 16.1. The first-order chi connectivity index (χ1) is 10.5. The minimum atomic E-state index is -0.165. The van der Waals surface area contributed by atoms with Gasteiger partial charge in [0.1, 0.15) is 12.1 Å². The van der Waals surface area contributed by atoms with Gasteiger partial charge in [-0.25, -0.2) is 14.6 Å². The van der Waals surface area contributed by atoms with Crippen molar-refractivity contribution in [2.45, 2.75) is 20.8 Å². The molecule has 1 amide bonds. The van der Waals surface area contributed by atoms with Gasteiger partial charge in [0, 0.05) is 25.4 Å². The third-order valence-electron chi connectivity index (χ3n) is 3.19. The Kier molecular flexibility index (Phi) is 3.42. The van der Waals surface area contributed by atoms with E-state index in [4.69, 9.17) is 0 Å². The maximum absolute atomic E-state index is 11.2. The van der Waals surface area contributed by atoms with Crippen LogP contribution in [0.15, 0.2) is 24.8 Å². The van der Waals surface area contributed by atoms with E-state index in [0.717, 1.165) is 22.5 Å². The number of hydrogen-bond donors (Lipinski definition) is 2. The van der Waals surface area contributed by atoms with E-state index in [2.05, 4.69) is 30.6 Å². The summed E-state index contributed by atoms with van der Waals surface area (Å²) < 4.78 is 1.75. The van der Waals surface area contributed by atoms with Crippen LogP contribution in [0.3, 0.4) is 0 Å². The normalized spacial score (nSPS) is 10.7. The second-order valence-corrected chi connectivity index (χ2v) is 4.94. The van der Waals surface area contributed by atoms with Crippen molar-refractivity contribution >= 4 is 11.7 Å². The summed E-state index contributed by atoms with van der Waals surface area (Å²) >= 11 is 0. The van der Waals surface area contributed by atoms with E-state index in [1.807, 2.05) is 20.0 Å². The number of amides is 1. The van der Waals surface area contributed by atoms with E-state index in [9.17, 15) is 4.79 Å². The molecule has 3 heterocycles. The van der Waals surface area contributed by atoms with Crippen LogP contribution in [0.5, 0.6) is 0 Å². The highest BCUT2D eigenvalue weighted by molar-refractivity contribution is 5.87. The molecule has 0 unspecified atom stereocenters. The summed E-state index contributed by atoms with van der Waals surface area (Å²) in [6.07, 6.45) is 5.03. The van der Waals surface area contributed by atoms with Crippen LogP contribution in [-0.4, -0.2) is 35.9 Å². The molecule has 0 aliphatic heterocycles. The number of anilines is 1. The number of pyridine rings is 1. The molecule has 3 aromatic heterocycles. The fraction of sp³-hybridized carbons (Fsp3) is 0.214. The maximum atomic E-state index is 11.2. The molecule has 0 spiro atoms. The van der Waals surface area contributed by atoms with Crippen LogP contribution in [0.4, 0.5) is 5.82 Å². The van der Waals surface area contributed by atoms with Gasteiger partial charge in [-0.1, -0.05) is 0 Å². The third-order valence-corrected chi connectivity index (χ3v) is 3.19. The molecule has 0 radical (unpaired) electrons. The SMILES string of the molecule is CC(=O)Nc1cc(-n2cc(-c3ncn[nH]3)c(C)n2)c(C)cn1. The van der Waals surface area contributed by atoms with E-state index in [1.54, 1.807) is 16.9 Å². The molecule has 0 aliphatic rings. The first kappa shape index (κ1) is 13.9. The number of rotatable bonds is 3. The van der Waals surface area contributed by atoms with E-state index < -0.39 is 0 Å². The molecular weight excluding hydrogens is 282 g/mol. The molecule has 0 aromatic carbocycles. The smallest absolute Gasteiger partial charge is 0.222 e. The van der Waals surface area contributed by atoms with E-state index in [0.29, 0.717) is 11.6 Å². The molecular formula is C14H15N7O. The summed E-state index contributed by atoms with van der Waals surface area (Å²) in [7, 11) is 0. The standard InChI is InChI=1S/C14H15N7O/c1-8-5-15-13(18-10(3)22)4-12(8)21-6-11(9(2)20-21)14-16-7-17-19-14/h4-7H,1-3H3,(H,15,18,22)(H,16,17,19). The number of hydrogen-bond acceptors (Lipinski definition) is 5. The summed E-state index contributed by atoms with van der Waals surface area (Å²) in [6, 6.07) is 1.79. The van der Waals surface area contributed by atoms with Crippen molar-refractivity contribution in [3.05, 3.63) is 36.0 Å². The van der Waals surface area contributed by atoms with Crippen LogP contribution in [0.1, 0.15) is 18.2 Å². The molecule has 112 valence electrons. The highest BCUT2D eigenvalue weighted by Crippen LogP contribution is 2.22. The number of H-pyrrole nitrogens is 1. The lowest BCUT2D eigenvalue weighted by Gasteiger charge is -2.08. The number of aryl methyl sites for hydroxylation is 2. The number of nitrogens with one attached hydrogen (secondary N) is 2. The molecule has 8 nitrogen and oxygen atoms in total. The minimum absolute atomic E-state index is 0.165. The predicted octanol–water partition coefficient (Wildman–Crippen LogP) is 1.63. The predicted molar refractivity (Wildman–Crippen MR) is 80.5 cm³/mol. The summed E-state index contributed by atoms with van der Waals surface area (Å²) in [5.74, 6) is 0.987. The van der Waals surface area contributed by atoms with Gasteiger partial charge in [0.05, 0.1) is 16.9 Å². The molecule has 0 saturated heterocycles. The molecule has 3 rings (SSSR count). The van der Waals surface area contributed by atoms with Crippen LogP contribution < -0.4 is 5.32 Å². The molecule has 0 aliphatic carbocycles. The Balaban J connectivity index is 2.04. The van der Waals surface area contributed by atoms with Gasteiger partial charge in [-0.2, -0.15) is 10.2 Å². The van der Waals surface area contributed by atoms with Gasteiger partial charge >= 0.3 is 0 Å². The van der Waals surface area contributed by atoms with Gasteiger partial charge in [0.25, 0.3) is 0 Å². The zero-order valence-electron chi connectivity index (χ0n) is 12.5. The lowest BCUT2D eigenvalue weighted by Crippen LogP contribution is -2.09. The molecule has 22 heavy (non-hydrogen) atoms. The highest BCUT2D eigenvalue weighted by Gasteiger charge is 2.13. The Morgan fingerprint density at radius 3 is 2.82 bits per heavy atom. The van der Waals surface area contributed by atoms with Crippen LogP contribution >= 0.6 is 0 Å². The topological polar surface area (TPSA) is 101 Å². The quantitative estimate of drug-likeness (QED) is 0.765. The van der Waals surface area contributed by atoms with Crippen molar-refractivity contribution in [3.63, 3.8) is 0 Å². The monoisotopic (exact) mass is 297 g/mol. The first-order valence-corrected chi connectivity index (χ1v) is 6.71. The van der Waals surface area contributed by atoms with Crippen molar-refractivity contribution < 1.29 is 4.79 Å². The number of aromatic nitrogens is 6. The van der Waals surface area contributed by atoms with E-state index in [-0.39, 0.29) is 5.91 Å². The van der Waals surface area contributed by atoms with Gasteiger partial charge in [-0.15, -0.1) is 0 Å². The Morgan fingerprint density at radius 1 is 1.32 bits per heavy atom. The zero-order valence-corrected chi connectivity index (χ0v) is 12.5. The van der Waals surface area contributed by atoms with Gasteiger partial charge in [0.15, 0.2) is 5.82 Å².